The first-order valence-corrected chi connectivity index (χ1v) is 7.37. The molecule has 2 amide bonds. The van der Waals surface area contributed by atoms with Crippen LogP contribution in [0.5, 0.6) is 0 Å². The van der Waals surface area contributed by atoms with Crippen LogP contribution in [0, 0.1) is 0 Å². The summed E-state index contributed by atoms with van der Waals surface area (Å²) in [5.74, 6) is -0.0139. The third-order valence-electron chi connectivity index (χ3n) is 4.40. The van der Waals surface area contributed by atoms with Gasteiger partial charge in [0.15, 0.2) is 0 Å². The number of carbonyl (C=O) groups excluding carboxylic acids is 2. The monoisotopic (exact) mass is 280 g/mol. The Hall–Kier alpha value is -2.36. The molecule has 2 aromatic rings. The lowest BCUT2D eigenvalue weighted by Crippen LogP contribution is -2.40. The zero-order valence-electron chi connectivity index (χ0n) is 11.7. The van der Waals surface area contributed by atoms with Gasteiger partial charge in [-0.1, -0.05) is 24.3 Å². The molecule has 106 valence electrons. The number of benzene rings is 2. The maximum absolute atomic E-state index is 12.6. The van der Waals surface area contributed by atoms with Gasteiger partial charge in [0, 0.05) is 24.0 Å². The number of likely N-dealkylation sites (tertiary alicyclic amines) is 1. The van der Waals surface area contributed by atoms with Crippen LogP contribution >= 0.6 is 0 Å². The molecule has 4 nitrogen and oxygen atoms in total. The number of nitrogens with zero attached hydrogens (tertiary/aromatic N) is 2. The van der Waals surface area contributed by atoms with Crippen molar-refractivity contribution in [1.82, 2.24) is 4.90 Å². The first-order valence-electron chi connectivity index (χ1n) is 7.37. The lowest BCUT2D eigenvalue weighted by molar-refractivity contribution is -0.128. The molecule has 0 radical (unpaired) electrons. The summed E-state index contributed by atoms with van der Waals surface area (Å²) in [5, 5.41) is 2.02. The number of hydrogen-bond donors (Lipinski definition) is 0. The van der Waals surface area contributed by atoms with Gasteiger partial charge in [-0.05, 0) is 30.4 Å². The standard InChI is InChI=1S/C17H16N2O2/c20-15(18-9-1-2-10-18)11-19-14-8-4-6-12-5-3-7-13(16(12)14)17(19)21/h3-8H,1-2,9-11H2. The van der Waals surface area contributed by atoms with Gasteiger partial charge in [-0.3, -0.25) is 14.5 Å². The Bertz CT molecular complexity index is 742. The minimum Gasteiger partial charge on any atom is -0.341 e. The summed E-state index contributed by atoms with van der Waals surface area (Å²) in [6, 6.07) is 11.6. The van der Waals surface area contributed by atoms with Crippen LogP contribution in [0.3, 0.4) is 0 Å². The zero-order valence-corrected chi connectivity index (χ0v) is 11.7. The fraction of sp³-hybridized carbons (Fsp3) is 0.294. The van der Waals surface area contributed by atoms with Crippen molar-refractivity contribution in [2.24, 2.45) is 0 Å². The van der Waals surface area contributed by atoms with Crippen molar-refractivity contribution in [3.8, 4) is 0 Å². The first-order chi connectivity index (χ1) is 10.3. The number of anilines is 1. The van der Waals surface area contributed by atoms with Crippen molar-refractivity contribution in [1.29, 1.82) is 0 Å². The highest BCUT2D eigenvalue weighted by molar-refractivity contribution is 6.26. The van der Waals surface area contributed by atoms with Gasteiger partial charge in [0.25, 0.3) is 5.91 Å². The summed E-state index contributed by atoms with van der Waals surface area (Å²) in [6.45, 7) is 1.78. The van der Waals surface area contributed by atoms with Crippen LogP contribution < -0.4 is 4.90 Å². The molecule has 0 unspecified atom stereocenters. The first kappa shape index (κ1) is 12.4. The van der Waals surface area contributed by atoms with Gasteiger partial charge in [-0.25, -0.2) is 0 Å². The molecule has 1 fully saturated rings. The van der Waals surface area contributed by atoms with Crippen LogP contribution in [0.2, 0.25) is 0 Å². The maximum Gasteiger partial charge on any atom is 0.259 e. The zero-order chi connectivity index (χ0) is 14.4. The molecule has 0 bridgehead atoms. The van der Waals surface area contributed by atoms with Crippen LogP contribution in [0.25, 0.3) is 10.8 Å². The number of rotatable bonds is 2. The van der Waals surface area contributed by atoms with E-state index in [9.17, 15) is 9.59 Å². The van der Waals surface area contributed by atoms with Gasteiger partial charge in [0.1, 0.15) is 6.54 Å². The Morgan fingerprint density at radius 1 is 1.05 bits per heavy atom. The van der Waals surface area contributed by atoms with E-state index >= 15 is 0 Å². The average molecular weight is 280 g/mol. The third-order valence-corrected chi connectivity index (χ3v) is 4.40. The highest BCUT2D eigenvalue weighted by atomic mass is 16.2. The highest BCUT2D eigenvalue weighted by Gasteiger charge is 2.32. The van der Waals surface area contributed by atoms with E-state index in [1.807, 2.05) is 41.3 Å². The van der Waals surface area contributed by atoms with E-state index in [-0.39, 0.29) is 18.4 Å². The summed E-state index contributed by atoms with van der Waals surface area (Å²) < 4.78 is 0. The molecule has 0 aromatic heterocycles. The second-order valence-electron chi connectivity index (χ2n) is 5.66. The average Bonchev–Trinajstić information content (AvgIpc) is 3.12. The van der Waals surface area contributed by atoms with E-state index in [0.29, 0.717) is 5.56 Å². The van der Waals surface area contributed by atoms with Crippen molar-refractivity contribution in [2.45, 2.75) is 12.8 Å². The Balaban J connectivity index is 1.70. The number of amides is 2. The molecule has 0 spiro atoms. The van der Waals surface area contributed by atoms with Crippen molar-refractivity contribution in [2.75, 3.05) is 24.5 Å². The lowest BCUT2D eigenvalue weighted by atomic mass is 10.1. The van der Waals surface area contributed by atoms with Crippen LogP contribution in [0.15, 0.2) is 36.4 Å². The van der Waals surface area contributed by atoms with Crippen molar-refractivity contribution >= 4 is 28.3 Å². The van der Waals surface area contributed by atoms with Gasteiger partial charge in [-0.15, -0.1) is 0 Å². The summed E-state index contributed by atoms with van der Waals surface area (Å²) in [7, 11) is 0. The molecule has 2 aliphatic rings. The summed E-state index contributed by atoms with van der Waals surface area (Å²) in [4.78, 5) is 28.4. The van der Waals surface area contributed by atoms with Crippen LogP contribution in [0.4, 0.5) is 5.69 Å². The SMILES string of the molecule is O=C(CN1C(=O)c2cccc3cccc1c23)N1CCCC1. The molecule has 0 atom stereocenters. The summed E-state index contributed by atoms with van der Waals surface area (Å²) in [5.41, 5.74) is 1.57. The largest absolute Gasteiger partial charge is 0.341 e. The topological polar surface area (TPSA) is 40.6 Å². The summed E-state index contributed by atoms with van der Waals surface area (Å²) >= 11 is 0. The molecule has 4 rings (SSSR count). The highest BCUT2D eigenvalue weighted by Crippen LogP contribution is 2.37. The molecule has 0 saturated carbocycles. The van der Waals surface area contributed by atoms with E-state index in [2.05, 4.69) is 0 Å². The molecule has 21 heavy (non-hydrogen) atoms. The van der Waals surface area contributed by atoms with Crippen molar-refractivity contribution in [3.05, 3.63) is 42.0 Å². The third kappa shape index (κ3) is 1.82. The molecule has 2 aliphatic heterocycles. The Morgan fingerprint density at radius 2 is 1.76 bits per heavy atom. The Kier molecular flexibility index (Phi) is 2.70. The van der Waals surface area contributed by atoms with Crippen LogP contribution in [0.1, 0.15) is 23.2 Å². The predicted octanol–water partition coefficient (Wildman–Crippen LogP) is 2.42. The molecule has 4 heteroatoms. The molecule has 2 aromatic carbocycles. The predicted molar refractivity (Wildman–Crippen MR) is 81.4 cm³/mol. The van der Waals surface area contributed by atoms with E-state index in [4.69, 9.17) is 0 Å². The smallest absolute Gasteiger partial charge is 0.259 e. The van der Waals surface area contributed by atoms with Crippen LogP contribution in [-0.4, -0.2) is 36.3 Å². The van der Waals surface area contributed by atoms with E-state index in [1.54, 1.807) is 4.90 Å². The number of hydrogen-bond acceptors (Lipinski definition) is 2. The van der Waals surface area contributed by atoms with Crippen LogP contribution in [-0.2, 0) is 4.79 Å². The van der Waals surface area contributed by atoms with E-state index < -0.39 is 0 Å². The number of carbonyl (C=O) groups is 2. The van der Waals surface area contributed by atoms with Gasteiger partial charge < -0.3 is 4.90 Å². The minimum atomic E-state index is -0.0608. The normalized spacial score (nSPS) is 17.0. The van der Waals surface area contributed by atoms with Gasteiger partial charge in [0.05, 0.1) is 5.69 Å². The van der Waals surface area contributed by atoms with Crippen molar-refractivity contribution < 1.29 is 9.59 Å². The van der Waals surface area contributed by atoms with E-state index in [0.717, 1.165) is 42.4 Å². The fourth-order valence-corrected chi connectivity index (χ4v) is 3.34. The quantitative estimate of drug-likeness (QED) is 0.847. The fourth-order valence-electron chi connectivity index (χ4n) is 3.34. The minimum absolute atomic E-state index is 0.0469. The van der Waals surface area contributed by atoms with Crippen molar-refractivity contribution in [3.63, 3.8) is 0 Å². The summed E-state index contributed by atoms with van der Waals surface area (Å²) in [6.07, 6.45) is 2.13. The lowest BCUT2D eigenvalue weighted by Gasteiger charge is -2.21. The molecular weight excluding hydrogens is 264 g/mol. The molecule has 0 aliphatic carbocycles. The maximum atomic E-state index is 12.6. The Labute approximate surface area is 122 Å². The molecule has 0 N–H and O–H groups in total. The molecule has 2 heterocycles. The van der Waals surface area contributed by atoms with Gasteiger partial charge in [0.2, 0.25) is 5.91 Å². The second kappa shape index (κ2) is 4.58. The second-order valence-corrected chi connectivity index (χ2v) is 5.66. The Morgan fingerprint density at radius 3 is 2.52 bits per heavy atom. The van der Waals surface area contributed by atoms with Gasteiger partial charge >= 0.3 is 0 Å². The molecule has 1 saturated heterocycles. The van der Waals surface area contributed by atoms with E-state index in [1.165, 1.54) is 0 Å². The molecular formula is C17H16N2O2. The van der Waals surface area contributed by atoms with Gasteiger partial charge in [-0.2, -0.15) is 0 Å².